The molecule has 0 aliphatic carbocycles. The first-order chi connectivity index (χ1) is 10.2. The highest BCUT2D eigenvalue weighted by atomic mass is 28.3. The highest BCUT2D eigenvalue weighted by Gasteiger charge is 2.39. The van der Waals surface area contributed by atoms with Crippen molar-refractivity contribution in [2.24, 2.45) is 0 Å². The van der Waals surface area contributed by atoms with Gasteiger partial charge in [0, 0.05) is 5.54 Å². The molecule has 1 unspecified atom stereocenters. The minimum atomic E-state index is -1.84. The summed E-state index contributed by atoms with van der Waals surface area (Å²) in [5.74, 6) is 0. The van der Waals surface area contributed by atoms with Gasteiger partial charge in [0.1, 0.15) is 0 Å². The van der Waals surface area contributed by atoms with Crippen LogP contribution in [-0.2, 0) is 9.53 Å². The van der Waals surface area contributed by atoms with Crippen molar-refractivity contribution in [3.05, 3.63) is 73.9 Å². The third-order valence-corrected chi connectivity index (χ3v) is 9.21. The van der Waals surface area contributed by atoms with Crippen molar-refractivity contribution in [2.45, 2.75) is 23.7 Å². The summed E-state index contributed by atoms with van der Waals surface area (Å²) in [6.07, 6.45) is 5.95. The number of carbonyl (C=O) groups excluding carboxylic acids is 1. The second-order valence-corrected chi connectivity index (χ2v) is 9.88. The molecule has 3 heteroatoms. The third kappa shape index (κ3) is 4.57. The summed E-state index contributed by atoms with van der Waals surface area (Å²) in [5, 5.41) is 0. The molecule has 0 aliphatic heterocycles. The molecule has 21 heavy (non-hydrogen) atoms. The Kier molecular flexibility index (Phi) is 7.47. The second kappa shape index (κ2) is 9.13. The van der Waals surface area contributed by atoms with E-state index >= 15 is 0 Å². The number of ether oxygens (including phenoxy) is 1. The van der Waals surface area contributed by atoms with Crippen LogP contribution in [0.4, 0.5) is 0 Å². The minimum absolute atomic E-state index is 0.220. The van der Waals surface area contributed by atoms with Crippen molar-refractivity contribution in [3.8, 4) is 0 Å². The van der Waals surface area contributed by atoms with E-state index in [2.05, 4.69) is 31.9 Å². The lowest BCUT2D eigenvalue weighted by Gasteiger charge is -2.37. The number of carbonyl (C=O) groups is 1. The summed E-state index contributed by atoms with van der Waals surface area (Å²) in [4.78, 5) is 10.7. The van der Waals surface area contributed by atoms with Gasteiger partial charge in [-0.25, -0.2) is 0 Å². The van der Waals surface area contributed by atoms with E-state index < -0.39 is 8.07 Å². The van der Waals surface area contributed by atoms with Crippen LogP contribution in [0.15, 0.2) is 68.3 Å². The molecule has 0 radical (unpaired) electrons. The van der Waals surface area contributed by atoms with Gasteiger partial charge in [-0.2, -0.15) is 0 Å². The SMILES string of the molecule is C=CC[Si](CC=C)(CC=C)C(COC=O)c1ccccc1. The number of benzene rings is 1. The minimum Gasteiger partial charge on any atom is -0.468 e. The van der Waals surface area contributed by atoms with Crippen molar-refractivity contribution >= 4 is 14.5 Å². The van der Waals surface area contributed by atoms with Crippen molar-refractivity contribution in [1.29, 1.82) is 0 Å². The van der Waals surface area contributed by atoms with Gasteiger partial charge in [0.2, 0.25) is 0 Å². The fourth-order valence-corrected chi connectivity index (χ4v) is 7.41. The molecule has 2 nitrogen and oxygen atoms in total. The maximum Gasteiger partial charge on any atom is 0.293 e. The first-order valence-electron chi connectivity index (χ1n) is 7.17. The third-order valence-electron chi connectivity index (χ3n) is 3.92. The van der Waals surface area contributed by atoms with Gasteiger partial charge in [-0.15, -0.1) is 19.7 Å². The molecular formula is C18H24O2Si. The molecule has 0 aromatic heterocycles. The van der Waals surface area contributed by atoms with Crippen molar-refractivity contribution in [3.63, 3.8) is 0 Å². The average molecular weight is 300 g/mol. The molecule has 0 saturated carbocycles. The van der Waals surface area contributed by atoms with E-state index in [1.54, 1.807) is 0 Å². The van der Waals surface area contributed by atoms with E-state index in [9.17, 15) is 4.79 Å². The van der Waals surface area contributed by atoms with Crippen LogP contribution in [-0.4, -0.2) is 21.2 Å². The fourth-order valence-electron chi connectivity index (χ4n) is 2.99. The zero-order valence-electron chi connectivity index (χ0n) is 12.5. The van der Waals surface area contributed by atoms with Crippen LogP contribution in [0.5, 0.6) is 0 Å². The Morgan fingerprint density at radius 3 is 1.95 bits per heavy atom. The van der Waals surface area contributed by atoms with Crippen LogP contribution in [0.2, 0.25) is 18.1 Å². The van der Waals surface area contributed by atoms with Gasteiger partial charge in [-0.05, 0) is 23.7 Å². The summed E-state index contributed by atoms with van der Waals surface area (Å²) < 4.78 is 5.15. The first kappa shape index (κ1) is 17.2. The summed E-state index contributed by atoms with van der Waals surface area (Å²) in [5.41, 5.74) is 1.44. The number of hydrogen-bond acceptors (Lipinski definition) is 2. The molecule has 1 aromatic rings. The van der Waals surface area contributed by atoms with Gasteiger partial charge in [-0.3, -0.25) is 4.79 Å². The Bertz CT molecular complexity index is 441. The van der Waals surface area contributed by atoms with Gasteiger partial charge in [-0.1, -0.05) is 48.6 Å². The molecule has 1 rings (SSSR count). The molecule has 0 fully saturated rings. The van der Waals surface area contributed by atoms with E-state index in [1.807, 2.05) is 36.4 Å². The molecule has 112 valence electrons. The monoisotopic (exact) mass is 300 g/mol. The normalized spacial score (nSPS) is 12.2. The maximum atomic E-state index is 10.7. The van der Waals surface area contributed by atoms with E-state index in [1.165, 1.54) is 5.56 Å². The van der Waals surface area contributed by atoms with Gasteiger partial charge in [0.25, 0.3) is 6.47 Å². The van der Waals surface area contributed by atoms with Gasteiger partial charge in [0.05, 0.1) is 14.7 Å². The van der Waals surface area contributed by atoms with Gasteiger partial charge >= 0.3 is 0 Å². The molecule has 0 N–H and O–H groups in total. The summed E-state index contributed by atoms with van der Waals surface area (Å²) in [6, 6.07) is 13.1. The molecule has 0 heterocycles. The quantitative estimate of drug-likeness (QED) is 0.342. The first-order valence-corrected chi connectivity index (χ1v) is 9.87. The molecule has 1 atom stereocenters. The highest BCUT2D eigenvalue weighted by Crippen LogP contribution is 2.37. The largest absolute Gasteiger partial charge is 0.468 e. The Morgan fingerprint density at radius 1 is 1.00 bits per heavy atom. The van der Waals surface area contributed by atoms with Gasteiger partial charge in [0.15, 0.2) is 0 Å². The smallest absolute Gasteiger partial charge is 0.293 e. The zero-order chi connectivity index (χ0) is 15.6. The maximum absolute atomic E-state index is 10.7. The molecule has 0 saturated heterocycles. The average Bonchev–Trinajstić information content (AvgIpc) is 2.49. The number of allylic oxidation sites excluding steroid dienone is 3. The Hall–Kier alpha value is -1.87. The van der Waals surface area contributed by atoms with Crippen LogP contribution in [0.1, 0.15) is 11.1 Å². The number of hydrogen-bond donors (Lipinski definition) is 0. The lowest BCUT2D eigenvalue weighted by molar-refractivity contribution is -0.128. The van der Waals surface area contributed by atoms with Crippen molar-refractivity contribution < 1.29 is 9.53 Å². The van der Waals surface area contributed by atoms with Crippen LogP contribution < -0.4 is 0 Å². The lowest BCUT2D eigenvalue weighted by atomic mass is 10.1. The fraction of sp³-hybridized carbons (Fsp3) is 0.278. The van der Waals surface area contributed by atoms with Crippen LogP contribution >= 0.6 is 0 Å². The zero-order valence-corrected chi connectivity index (χ0v) is 13.5. The molecular weight excluding hydrogens is 276 g/mol. The topological polar surface area (TPSA) is 26.3 Å². The Balaban J connectivity index is 3.25. The van der Waals surface area contributed by atoms with Crippen molar-refractivity contribution in [1.82, 2.24) is 0 Å². The van der Waals surface area contributed by atoms with Gasteiger partial charge < -0.3 is 4.74 Å². The van der Waals surface area contributed by atoms with Crippen LogP contribution in [0.25, 0.3) is 0 Å². The highest BCUT2D eigenvalue weighted by molar-refractivity contribution is 6.82. The molecule has 0 bridgehead atoms. The Morgan fingerprint density at radius 2 is 1.52 bits per heavy atom. The second-order valence-electron chi connectivity index (χ2n) is 5.23. The Labute approximate surface area is 128 Å². The molecule has 1 aromatic carbocycles. The van der Waals surface area contributed by atoms with E-state index in [-0.39, 0.29) is 5.54 Å². The molecule has 0 aliphatic rings. The predicted octanol–water partition coefficient (Wildman–Crippen LogP) is 4.49. The molecule has 0 spiro atoms. The molecule has 0 amide bonds. The standard InChI is InChI=1S/C18H24O2Si/c1-4-12-21(13-5-2,14-6-3)18(15-20-16-19)17-10-8-7-9-11-17/h4-11,16,18H,1-3,12-15H2. The van der Waals surface area contributed by atoms with E-state index in [0.29, 0.717) is 13.1 Å². The lowest BCUT2D eigenvalue weighted by Crippen LogP contribution is -2.42. The predicted molar refractivity (Wildman–Crippen MR) is 92.0 cm³/mol. The van der Waals surface area contributed by atoms with Crippen LogP contribution in [0, 0.1) is 0 Å². The summed E-state index contributed by atoms with van der Waals surface area (Å²) in [7, 11) is -1.84. The summed E-state index contributed by atoms with van der Waals surface area (Å²) in [6.45, 7) is 12.7. The van der Waals surface area contributed by atoms with Crippen molar-refractivity contribution in [2.75, 3.05) is 6.61 Å². The van der Waals surface area contributed by atoms with E-state index in [0.717, 1.165) is 18.1 Å². The van der Waals surface area contributed by atoms with E-state index in [4.69, 9.17) is 4.74 Å². The summed E-state index contributed by atoms with van der Waals surface area (Å²) >= 11 is 0. The number of rotatable bonds is 11. The van der Waals surface area contributed by atoms with Crippen LogP contribution in [0.3, 0.4) is 0 Å².